The fourth-order valence-electron chi connectivity index (χ4n) is 3.73. The summed E-state index contributed by atoms with van der Waals surface area (Å²) in [5.74, 6) is -1.09. The van der Waals surface area contributed by atoms with Crippen molar-refractivity contribution >= 4 is 32.9 Å². The lowest BCUT2D eigenvalue weighted by Gasteiger charge is -2.15. The number of carbonyl (C=O) groups is 2. The Morgan fingerprint density at radius 2 is 1.58 bits per heavy atom. The maximum atomic E-state index is 13.5. The number of carbonyl (C=O) groups excluding carboxylic acids is 2. The summed E-state index contributed by atoms with van der Waals surface area (Å²) in [5.41, 5.74) is 6.82. The Morgan fingerprint density at radius 3 is 2.14 bits per heavy atom. The van der Waals surface area contributed by atoms with Crippen molar-refractivity contribution in [2.45, 2.75) is 24.8 Å². The van der Waals surface area contributed by atoms with Gasteiger partial charge in [-0.25, -0.2) is 22.4 Å². The minimum Gasteiger partial charge on any atom is -0.490 e. The molecular formula is C26H22FNO7S. The SMILES string of the molecule is CC(C)Oc1cc2c(C(=O)OC(N)=O)c(-c3ccc(F)cc3)oc2cc1-c1ccc(S(C)(=O)=O)cc1. The first-order valence-corrected chi connectivity index (χ1v) is 12.7. The maximum Gasteiger partial charge on any atom is 0.412 e. The van der Waals surface area contributed by atoms with Gasteiger partial charge in [0.1, 0.15) is 28.5 Å². The Bertz CT molecular complexity index is 1570. The Morgan fingerprint density at radius 1 is 0.972 bits per heavy atom. The summed E-state index contributed by atoms with van der Waals surface area (Å²) in [7, 11) is -3.39. The Hall–Kier alpha value is -4.18. The van der Waals surface area contributed by atoms with Crippen LogP contribution in [-0.2, 0) is 14.6 Å². The molecule has 0 aliphatic rings. The molecule has 4 rings (SSSR count). The van der Waals surface area contributed by atoms with Crippen LogP contribution in [0.4, 0.5) is 9.18 Å². The lowest BCUT2D eigenvalue weighted by molar-refractivity contribution is 0.0640. The summed E-state index contributed by atoms with van der Waals surface area (Å²) < 4.78 is 53.9. The van der Waals surface area contributed by atoms with Crippen LogP contribution in [0.1, 0.15) is 24.2 Å². The molecule has 8 nitrogen and oxygen atoms in total. The molecule has 0 bridgehead atoms. The molecule has 0 fully saturated rings. The number of ether oxygens (including phenoxy) is 2. The molecule has 0 saturated heterocycles. The second-order valence-corrected chi connectivity index (χ2v) is 10.3. The molecule has 1 amide bonds. The molecule has 1 heterocycles. The number of hydrogen-bond donors (Lipinski definition) is 1. The van der Waals surface area contributed by atoms with Crippen molar-refractivity contribution in [3.8, 4) is 28.2 Å². The van der Waals surface area contributed by atoms with Gasteiger partial charge < -0.3 is 19.6 Å². The standard InChI is InChI=1S/C26H22FNO7S/c1-14(2)33-21-13-20-22(12-19(21)15-6-10-18(11-7-15)36(3,31)32)34-24(16-4-8-17(27)9-5-16)23(20)25(29)35-26(28)30/h4-14H,1-3H3,(H2,28,30). The normalized spacial score (nSPS) is 11.6. The Labute approximate surface area is 206 Å². The molecule has 0 saturated carbocycles. The topological polar surface area (TPSA) is 126 Å². The minimum absolute atomic E-state index is 0.0521. The summed E-state index contributed by atoms with van der Waals surface area (Å²) in [5, 5.41) is 0.285. The highest BCUT2D eigenvalue weighted by atomic mass is 32.2. The van der Waals surface area contributed by atoms with E-state index in [0.717, 1.165) is 6.26 Å². The number of sulfone groups is 1. The molecule has 4 aromatic rings. The van der Waals surface area contributed by atoms with Crippen LogP contribution in [0.5, 0.6) is 5.75 Å². The zero-order valence-corrected chi connectivity index (χ0v) is 20.4. The van der Waals surface area contributed by atoms with Crippen molar-refractivity contribution in [3.63, 3.8) is 0 Å². The van der Waals surface area contributed by atoms with Crippen molar-refractivity contribution < 1.29 is 36.3 Å². The van der Waals surface area contributed by atoms with E-state index in [1.807, 2.05) is 13.8 Å². The first-order chi connectivity index (χ1) is 16.9. The number of primary amides is 1. The van der Waals surface area contributed by atoms with Crippen molar-refractivity contribution in [3.05, 3.63) is 72.0 Å². The summed E-state index contributed by atoms with van der Waals surface area (Å²) in [4.78, 5) is 24.3. The Kier molecular flexibility index (Phi) is 6.55. The van der Waals surface area contributed by atoms with Gasteiger partial charge in [-0.2, -0.15) is 0 Å². The van der Waals surface area contributed by atoms with Crippen molar-refractivity contribution in [1.29, 1.82) is 0 Å². The Balaban J connectivity index is 1.97. The number of rotatable bonds is 6. The predicted molar refractivity (Wildman–Crippen MR) is 131 cm³/mol. The third-order valence-corrected chi connectivity index (χ3v) is 6.38. The fourth-order valence-corrected chi connectivity index (χ4v) is 4.36. The minimum atomic E-state index is -3.39. The highest BCUT2D eigenvalue weighted by Gasteiger charge is 2.27. The summed E-state index contributed by atoms with van der Waals surface area (Å²) in [6, 6.07) is 14.7. The number of hydrogen-bond acceptors (Lipinski definition) is 7. The van der Waals surface area contributed by atoms with E-state index in [4.69, 9.17) is 14.9 Å². The zero-order chi connectivity index (χ0) is 26.2. The first kappa shape index (κ1) is 24.9. The smallest absolute Gasteiger partial charge is 0.412 e. The maximum absolute atomic E-state index is 13.5. The highest BCUT2D eigenvalue weighted by Crippen LogP contribution is 2.41. The van der Waals surface area contributed by atoms with Gasteiger partial charge in [0.25, 0.3) is 0 Å². The van der Waals surface area contributed by atoms with Gasteiger partial charge in [0, 0.05) is 22.8 Å². The molecule has 1 aromatic heterocycles. The van der Waals surface area contributed by atoms with Crippen molar-refractivity contribution in [2.75, 3.05) is 6.26 Å². The third kappa shape index (κ3) is 5.08. The molecule has 0 aliphatic heterocycles. The first-order valence-electron chi connectivity index (χ1n) is 10.8. The van der Waals surface area contributed by atoms with Gasteiger partial charge in [0.2, 0.25) is 0 Å². The van der Waals surface area contributed by atoms with Crippen LogP contribution in [0.3, 0.4) is 0 Å². The van der Waals surface area contributed by atoms with E-state index in [9.17, 15) is 22.4 Å². The third-order valence-electron chi connectivity index (χ3n) is 5.25. The van der Waals surface area contributed by atoms with E-state index in [-0.39, 0.29) is 33.3 Å². The number of furan rings is 1. The van der Waals surface area contributed by atoms with Gasteiger partial charge in [0.05, 0.1) is 11.0 Å². The lowest BCUT2D eigenvalue weighted by atomic mass is 10.0. The lowest BCUT2D eigenvalue weighted by Crippen LogP contribution is -2.18. The molecule has 0 aliphatic carbocycles. The monoisotopic (exact) mass is 511 g/mol. The molecule has 36 heavy (non-hydrogen) atoms. The van der Waals surface area contributed by atoms with E-state index >= 15 is 0 Å². The van der Waals surface area contributed by atoms with Crippen molar-refractivity contribution in [2.24, 2.45) is 5.73 Å². The second-order valence-electron chi connectivity index (χ2n) is 8.33. The van der Waals surface area contributed by atoms with Crippen molar-refractivity contribution in [1.82, 2.24) is 0 Å². The molecular weight excluding hydrogens is 489 g/mol. The second kappa shape index (κ2) is 9.46. The molecule has 0 spiro atoms. The summed E-state index contributed by atoms with van der Waals surface area (Å²) in [6.07, 6.45) is -0.421. The predicted octanol–water partition coefficient (Wildman–Crippen LogP) is 5.33. The molecule has 0 atom stereocenters. The van der Waals surface area contributed by atoms with Gasteiger partial charge in [-0.15, -0.1) is 0 Å². The summed E-state index contributed by atoms with van der Waals surface area (Å²) in [6.45, 7) is 3.64. The van der Waals surface area contributed by atoms with Crippen LogP contribution >= 0.6 is 0 Å². The zero-order valence-electron chi connectivity index (χ0n) is 19.6. The highest BCUT2D eigenvalue weighted by molar-refractivity contribution is 7.90. The average molecular weight is 512 g/mol. The van der Waals surface area contributed by atoms with Crippen LogP contribution in [0.25, 0.3) is 33.4 Å². The van der Waals surface area contributed by atoms with Gasteiger partial charge >= 0.3 is 12.1 Å². The fraction of sp³-hybridized carbons (Fsp3) is 0.154. The van der Waals surface area contributed by atoms with Crippen LogP contribution in [0.2, 0.25) is 0 Å². The number of benzene rings is 3. The molecule has 186 valence electrons. The number of nitrogens with two attached hydrogens (primary N) is 1. The van der Waals surface area contributed by atoms with Gasteiger partial charge in [-0.3, -0.25) is 0 Å². The van der Waals surface area contributed by atoms with Crippen LogP contribution in [0, 0.1) is 5.82 Å². The molecule has 2 N–H and O–H groups in total. The van der Waals surface area contributed by atoms with E-state index in [0.29, 0.717) is 22.4 Å². The number of esters is 1. The average Bonchev–Trinajstić information content (AvgIpc) is 3.16. The number of amides is 1. The molecule has 3 aromatic carbocycles. The van der Waals surface area contributed by atoms with Crippen LogP contribution < -0.4 is 10.5 Å². The van der Waals surface area contributed by atoms with E-state index in [1.54, 1.807) is 24.3 Å². The largest absolute Gasteiger partial charge is 0.490 e. The van der Waals surface area contributed by atoms with E-state index < -0.39 is 27.7 Å². The molecule has 0 radical (unpaired) electrons. The van der Waals surface area contributed by atoms with Gasteiger partial charge in [0.15, 0.2) is 9.84 Å². The number of halogens is 1. The molecule has 10 heteroatoms. The summed E-state index contributed by atoms with van der Waals surface area (Å²) >= 11 is 0. The van der Waals surface area contributed by atoms with Gasteiger partial charge in [-0.1, -0.05) is 12.1 Å². The quantitative estimate of drug-likeness (QED) is 0.274. The number of fused-ring (bicyclic) bond motifs is 1. The van der Waals surface area contributed by atoms with E-state index in [2.05, 4.69) is 4.74 Å². The molecule has 0 unspecified atom stereocenters. The van der Waals surface area contributed by atoms with E-state index in [1.165, 1.54) is 36.4 Å². The van der Waals surface area contributed by atoms with Crippen LogP contribution in [-0.4, -0.2) is 32.8 Å². The van der Waals surface area contributed by atoms with Gasteiger partial charge in [-0.05, 0) is 67.9 Å². The van der Waals surface area contributed by atoms with Crippen LogP contribution in [0.15, 0.2) is 70.0 Å².